The normalized spacial score (nSPS) is 20.1. The standard InChI is InChI=1S/C11H11F2NO/c12-11(13)10(15)8-5-1-3-7-4-2-6-14-9(7)8/h2,4,6,8,11H,1,3,5H2. The summed E-state index contributed by atoms with van der Waals surface area (Å²) < 4.78 is 24.7. The molecule has 0 saturated heterocycles. The van der Waals surface area contributed by atoms with Crippen molar-refractivity contribution in [2.75, 3.05) is 0 Å². The fourth-order valence-electron chi connectivity index (χ4n) is 2.04. The summed E-state index contributed by atoms with van der Waals surface area (Å²) in [7, 11) is 0. The number of aryl methyl sites for hydroxylation is 1. The summed E-state index contributed by atoms with van der Waals surface area (Å²) in [5.41, 5.74) is 1.48. The first kappa shape index (κ1) is 10.2. The number of ketones is 1. The van der Waals surface area contributed by atoms with Gasteiger partial charge in [0.05, 0.1) is 11.6 Å². The van der Waals surface area contributed by atoms with Crippen molar-refractivity contribution in [2.24, 2.45) is 0 Å². The van der Waals surface area contributed by atoms with Crippen LogP contribution in [0.25, 0.3) is 0 Å². The van der Waals surface area contributed by atoms with Crippen molar-refractivity contribution in [3.63, 3.8) is 0 Å². The Hall–Kier alpha value is -1.32. The molecule has 0 radical (unpaired) electrons. The van der Waals surface area contributed by atoms with E-state index < -0.39 is 18.1 Å². The molecule has 1 aliphatic rings. The van der Waals surface area contributed by atoms with E-state index in [4.69, 9.17) is 0 Å². The summed E-state index contributed by atoms with van der Waals surface area (Å²) in [4.78, 5) is 15.3. The van der Waals surface area contributed by atoms with Gasteiger partial charge in [0.2, 0.25) is 5.78 Å². The molecule has 0 bridgehead atoms. The van der Waals surface area contributed by atoms with Gasteiger partial charge in [-0.3, -0.25) is 9.78 Å². The highest BCUT2D eigenvalue weighted by Crippen LogP contribution is 2.31. The topological polar surface area (TPSA) is 30.0 Å². The maximum atomic E-state index is 12.3. The second-order valence-electron chi connectivity index (χ2n) is 3.70. The van der Waals surface area contributed by atoms with Crippen molar-refractivity contribution >= 4 is 5.78 Å². The number of hydrogen-bond donors (Lipinski definition) is 0. The van der Waals surface area contributed by atoms with Crippen LogP contribution in [0.1, 0.15) is 30.0 Å². The van der Waals surface area contributed by atoms with Crippen LogP contribution in [0.5, 0.6) is 0 Å². The van der Waals surface area contributed by atoms with Crippen molar-refractivity contribution < 1.29 is 13.6 Å². The lowest BCUT2D eigenvalue weighted by molar-refractivity contribution is -0.131. The Bertz CT molecular complexity index is 379. The Kier molecular flexibility index (Phi) is 2.75. The Morgan fingerprint density at radius 2 is 2.33 bits per heavy atom. The van der Waals surface area contributed by atoms with Gasteiger partial charge in [-0.1, -0.05) is 6.07 Å². The second kappa shape index (κ2) is 4.04. The first-order valence-electron chi connectivity index (χ1n) is 4.96. The molecule has 80 valence electrons. The Balaban J connectivity index is 2.34. The van der Waals surface area contributed by atoms with E-state index in [0.29, 0.717) is 12.1 Å². The fraction of sp³-hybridized carbons (Fsp3) is 0.455. The first-order chi connectivity index (χ1) is 7.20. The molecule has 2 nitrogen and oxygen atoms in total. The average molecular weight is 211 g/mol. The molecule has 0 N–H and O–H groups in total. The highest BCUT2D eigenvalue weighted by molar-refractivity contribution is 5.88. The molecule has 0 amide bonds. The van der Waals surface area contributed by atoms with E-state index in [1.807, 2.05) is 6.07 Å². The molecule has 1 unspecified atom stereocenters. The molecule has 1 aromatic heterocycles. The lowest BCUT2D eigenvalue weighted by atomic mass is 9.84. The van der Waals surface area contributed by atoms with Crippen molar-refractivity contribution in [1.82, 2.24) is 4.98 Å². The van der Waals surface area contributed by atoms with Crippen LogP contribution < -0.4 is 0 Å². The summed E-state index contributed by atoms with van der Waals surface area (Å²) in [5.74, 6) is -1.69. The van der Waals surface area contributed by atoms with Gasteiger partial charge in [0, 0.05) is 6.20 Å². The number of Topliss-reactive ketones (excluding diaryl/α,β-unsaturated/α-hetero) is 1. The monoisotopic (exact) mass is 211 g/mol. The van der Waals surface area contributed by atoms with E-state index in [2.05, 4.69) is 4.98 Å². The van der Waals surface area contributed by atoms with Crippen LogP contribution in [0.3, 0.4) is 0 Å². The molecule has 4 heteroatoms. The number of carbonyl (C=O) groups excluding carboxylic acids is 1. The quantitative estimate of drug-likeness (QED) is 0.751. The fourth-order valence-corrected chi connectivity index (χ4v) is 2.04. The molecule has 0 aliphatic heterocycles. The number of carbonyl (C=O) groups is 1. The summed E-state index contributed by atoms with van der Waals surface area (Å²) in [6.07, 6.45) is 0.768. The molecule has 0 spiro atoms. The Morgan fingerprint density at radius 1 is 1.53 bits per heavy atom. The SMILES string of the molecule is O=C(C(F)F)C1CCCc2cccnc21. The van der Waals surface area contributed by atoms with Crippen molar-refractivity contribution in [3.05, 3.63) is 29.6 Å². The van der Waals surface area contributed by atoms with E-state index >= 15 is 0 Å². The molecule has 1 atom stereocenters. The van der Waals surface area contributed by atoms with E-state index in [1.54, 1.807) is 12.3 Å². The zero-order chi connectivity index (χ0) is 10.8. The van der Waals surface area contributed by atoms with Gasteiger partial charge in [-0.05, 0) is 30.9 Å². The highest BCUT2D eigenvalue weighted by atomic mass is 19.3. The summed E-state index contributed by atoms with van der Waals surface area (Å²) in [5, 5.41) is 0. The molecule has 1 aromatic rings. The Morgan fingerprint density at radius 3 is 3.07 bits per heavy atom. The smallest absolute Gasteiger partial charge is 0.293 e. The van der Waals surface area contributed by atoms with Gasteiger partial charge in [-0.25, -0.2) is 8.78 Å². The molecule has 2 rings (SSSR count). The number of alkyl halides is 2. The summed E-state index contributed by atoms with van der Waals surface area (Å²) in [6, 6.07) is 3.63. The van der Waals surface area contributed by atoms with Gasteiger partial charge in [-0.15, -0.1) is 0 Å². The van der Waals surface area contributed by atoms with Crippen molar-refractivity contribution in [3.8, 4) is 0 Å². The lowest BCUT2D eigenvalue weighted by Crippen LogP contribution is -2.24. The van der Waals surface area contributed by atoms with Gasteiger partial charge >= 0.3 is 0 Å². The first-order valence-corrected chi connectivity index (χ1v) is 4.96. The summed E-state index contributed by atoms with van der Waals surface area (Å²) in [6.45, 7) is 0. The van der Waals surface area contributed by atoms with Crippen LogP contribution in [0.2, 0.25) is 0 Å². The van der Waals surface area contributed by atoms with Crippen molar-refractivity contribution in [1.29, 1.82) is 0 Å². The lowest BCUT2D eigenvalue weighted by Gasteiger charge is -2.22. The van der Waals surface area contributed by atoms with Crippen LogP contribution in [-0.2, 0) is 11.2 Å². The van der Waals surface area contributed by atoms with Gasteiger partial charge in [-0.2, -0.15) is 0 Å². The van der Waals surface area contributed by atoms with Crippen molar-refractivity contribution in [2.45, 2.75) is 31.6 Å². The molecule has 1 aliphatic carbocycles. The third-order valence-corrected chi connectivity index (χ3v) is 2.75. The maximum Gasteiger partial charge on any atom is 0.296 e. The minimum Gasteiger partial charge on any atom is -0.293 e. The minimum atomic E-state index is -2.89. The van der Waals surface area contributed by atoms with Crippen LogP contribution in [0.15, 0.2) is 18.3 Å². The molecule has 0 saturated carbocycles. The van der Waals surface area contributed by atoms with Gasteiger partial charge in [0.15, 0.2) is 0 Å². The molecular formula is C11H11F2NO. The highest BCUT2D eigenvalue weighted by Gasteiger charge is 2.32. The second-order valence-corrected chi connectivity index (χ2v) is 3.70. The number of aromatic nitrogens is 1. The zero-order valence-electron chi connectivity index (χ0n) is 8.12. The summed E-state index contributed by atoms with van der Waals surface area (Å²) >= 11 is 0. The molecule has 0 fully saturated rings. The number of fused-ring (bicyclic) bond motifs is 1. The predicted octanol–water partition coefficient (Wildman–Crippen LogP) is 2.34. The van der Waals surface area contributed by atoms with E-state index in [1.165, 1.54) is 0 Å². The van der Waals surface area contributed by atoms with Crippen LogP contribution in [-0.4, -0.2) is 17.2 Å². The minimum absolute atomic E-state index is 0.493. The number of nitrogens with zero attached hydrogens (tertiary/aromatic N) is 1. The van der Waals surface area contributed by atoms with E-state index in [-0.39, 0.29) is 0 Å². The Labute approximate surface area is 86.3 Å². The number of hydrogen-bond acceptors (Lipinski definition) is 2. The largest absolute Gasteiger partial charge is 0.296 e. The molecule has 1 heterocycles. The maximum absolute atomic E-state index is 12.3. The predicted molar refractivity (Wildman–Crippen MR) is 50.9 cm³/mol. The molecular weight excluding hydrogens is 200 g/mol. The van der Waals surface area contributed by atoms with Crippen LogP contribution in [0, 0.1) is 0 Å². The zero-order valence-corrected chi connectivity index (χ0v) is 8.12. The van der Waals surface area contributed by atoms with E-state index in [0.717, 1.165) is 18.4 Å². The van der Waals surface area contributed by atoms with Gasteiger partial charge < -0.3 is 0 Å². The number of rotatable bonds is 2. The average Bonchev–Trinajstić information content (AvgIpc) is 2.27. The third-order valence-electron chi connectivity index (χ3n) is 2.75. The van der Waals surface area contributed by atoms with E-state index in [9.17, 15) is 13.6 Å². The van der Waals surface area contributed by atoms with Crippen LogP contribution >= 0.6 is 0 Å². The number of halogens is 2. The molecule has 15 heavy (non-hydrogen) atoms. The van der Waals surface area contributed by atoms with Gasteiger partial charge in [0.1, 0.15) is 0 Å². The number of pyridine rings is 1. The van der Waals surface area contributed by atoms with Crippen LogP contribution in [0.4, 0.5) is 8.78 Å². The third kappa shape index (κ3) is 1.89. The van der Waals surface area contributed by atoms with Gasteiger partial charge in [0.25, 0.3) is 6.43 Å². The molecule has 0 aromatic carbocycles.